The molecule has 1 fully saturated rings. The summed E-state index contributed by atoms with van der Waals surface area (Å²) >= 11 is 0. The third-order valence-electron chi connectivity index (χ3n) is 3.45. The van der Waals surface area contributed by atoms with Crippen LogP contribution in [0.1, 0.15) is 17.5 Å². The highest BCUT2D eigenvalue weighted by molar-refractivity contribution is 5.53. The summed E-state index contributed by atoms with van der Waals surface area (Å²) in [6.45, 7) is 3.26. The fourth-order valence-electron chi connectivity index (χ4n) is 2.64. The first-order chi connectivity index (χ1) is 8.72. The van der Waals surface area contributed by atoms with Crippen molar-refractivity contribution >= 4 is 5.69 Å². The molecule has 3 rings (SSSR count). The van der Waals surface area contributed by atoms with Crippen molar-refractivity contribution in [3.8, 4) is 5.75 Å². The normalized spacial score (nSPS) is 23.7. The van der Waals surface area contributed by atoms with Gasteiger partial charge in [0.05, 0.1) is 12.7 Å². The number of nitrogens with two attached hydrogens (primary N) is 1. The van der Waals surface area contributed by atoms with Gasteiger partial charge in [0.15, 0.2) is 6.79 Å². The summed E-state index contributed by atoms with van der Waals surface area (Å²) in [5, 5.41) is 9.55. The van der Waals surface area contributed by atoms with Gasteiger partial charge in [-0.25, -0.2) is 0 Å². The second kappa shape index (κ2) is 4.76. The van der Waals surface area contributed by atoms with E-state index in [9.17, 15) is 5.11 Å². The smallest absolute Gasteiger partial charge is 0.189 e. The van der Waals surface area contributed by atoms with Crippen molar-refractivity contribution < 1.29 is 14.6 Å². The molecule has 18 heavy (non-hydrogen) atoms. The van der Waals surface area contributed by atoms with Crippen LogP contribution in [0.2, 0.25) is 0 Å². The van der Waals surface area contributed by atoms with E-state index in [4.69, 9.17) is 15.2 Å². The molecule has 3 N–H and O–H groups in total. The number of anilines is 1. The number of nitrogen functional groups attached to an aromatic ring is 1. The molecule has 1 atom stereocenters. The zero-order valence-corrected chi connectivity index (χ0v) is 10.3. The van der Waals surface area contributed by atoms with E-state index in [2.05, 4.69) is 4.90 Å². The predicted molar refractivity (Wildman–Crippen MR) is 67.0 cm³/mol. The fourth-order valence-corrected chi connectivity index (χ4v) is 2.64. The number of rotatable bonds is 2. The van der Waals surface area contributed by atoms with Gasteiger partial charge in [0.25, 0.3) is 0 Å². The lowest BCUT2D eigenvalue weighted by Crippen LogP contribution is -2.23. The maximum Gasteiger partial charge on any atom is 0.189 e. The third kappa shape index (κ3) is 2.29. The molecule has 2 heterocycles. The first-order valence-corrected chi connectivity index (χ1v) is 6.24. The lowest BCUT2D eigenvalue weighted by Gasteiger charge is -2.23. The highest BCUT2D eigenvalue weighted by Gasteiger charge is 2.23. The molecule has 0 aromatic heterocycles. The molecule has 0 radical (unpaired) electrons. The van der Waals surface area contributed by atoms with Crippen molar-refractivity contribution in [1.29, 1.82) is 0 Å². The molecule has 0 amide bonds. The van der Waals surface area contributed by atoms with Crippen molar-refractivity contribution in [2.75, 3.05) is 25.6 Å². The number of likely N-dealkylation sites (tertiary alicyclic amines) is 1. The number of β-amino-alcohol motifs (C(OH)–C–C–N with tert-alkyl or cyclic N) is 1. The Kier molecular flexibility index (Phi) is 3.11. The first-order valence-electron chi connectivity index (χ1n) is 6.24. The molecular formula is C13H18N2O3. The van der Waals surface area contributed by atoms with Gasteiger partial charge in [-0.15, -0.1) is 0 Å². The van der Waals surface area contributed by atoms with E-state index in [-0.39, 0.29) is 6.10 Å². The monoisotopic (exact) mass is 250 g/mol. The second-order valence-corrected chi connectivity index (χ2v) is 4.96. The highest BCUT2D eigenvalue weighted by Crippen LogP contribution is 2.32. The minimum absolute atomic E-state index is 0.203. The summed E-state index contributed by atoms with van der Waals surface area (Å²) in [6, 6.07) is 3.85. The number of ether oxygens (including phenoxy) is 2. The molecule has 5 nitrogen and oxygen atoms in total. The van der Waals surface area contributed by atoms with Crippen LogP contribution in [0.15, 0.2) is 12.1 Å². The minimum Gasteiger partial charge on any atom is -0.467 e. The van der Waals surface area contributed by atoms with Crippen molar-refractivity contribution in [1.82, 2.24) is 4.90 Å². The SMILES string of the molecule is Nc1cc2c(c(CN3CCC(O)C3)c1)OCOC2. The van der Waals surface area contributed by atoms with Gasteiger partial charge in [0.1, 0.15) is 5.75 Å². The van der Waals surface area contributed by atoms with Gasteiger partial charge in [-0.1, -0.05) is 0 Å². The summed E-state index contributed by atoms with van der Waals surface area (Å²) in [5.74, 6) is 0.900. The Hall–Kier alpha value is -1.30. The lowest BCUT2D eigenvalue weighted by molar-refractivity contribution is -0.0174. The summed E-state index contributed by atoms with van der Waals surface area (Å²) in [7, 11) is 0. The molecule has 0 aliphatic carbocycles. The van der Waals surface area contributed by atoms with Crippen LogP contribution in [0.3, 0.4) is 0 Å². The van der Waals surface area contributed by atoms with Crippen molar-refractivity contribution in [2.24, 2.45) is 0 Å². The number of aliphatic hydroxyl groups is 1. The molecule has 1 aromatic carbocycles. The predicted octanol–water partition coefficient (Wildman–Crippen LogP) is 0.702. The fraction of sp³-hybridized carbons (Fsp3) is 0.538. The lowest BCUT2D eigenvalue weighted by atomic mass is 10.1. The molecule has 5 heteroatoms. The Balaban J connectivity index is 1.84. The second-order valence-electron chi connectivity index (χ2n) is 4.96. The Bertz CT molecular complexity index is 450. The van der Waals surface area contributed by atoms with Crippen molar-refractivity contribution in [2.45, 2.75) is 25.7 Å². The van der Waals surface area contributed by atoms with E-state index in [0.717, 1.165) is 48.6 Å². The third-order valence-corrected chi connectivity index (χ3v) is 3.45. The average Bonchev–Trinajstić information content (AvgIpc) is 2.74. The summed E-state index contributed by atoms with van der Waals surface area (Å²) in [4.78, 5) is 2.22. The Morgan fingerprint density at radius 3 is 3.11 bits per heavy atom. The quantitative estimate of drug-likeness (QED) is 0.756. The zero-order valence-electron chi connectivity index (χ0n) is 10.3. The van der Waals surface area contributed by atoms with Gasteiger partial charge in [-0.3, -0.25) is 4.90 Å². The zero-order chi connectivity index (χ0) is 12.5. The molecule has 1 unspecified atom stereocenters. The average molecular weight is 250 g/mol. The van der Waals surface area contributed by atoms with E-state index in [0.29, 0.717) is 13.4 Å². The Morgan fingerprint density at radius 1 is 1.44 bits per heavy atom. The Labute approximate surface area is 106 Å². The summed E-state index contributed by atoms with van der Waals surface area (Å²) in [5.41, 5.74) is 8.73. The highest BCUT2D eigenvalue weighted by atomic mass is 16.7. The number of nitrogens with zero attached hydrogens (tertiary/aromatic N) is 1. The van der Waals surface area contributed by atoms with Crippen LogP contribution < -0.4 is 10.5 Å². The molecular weight excluding hydrogens is 232 g/mol. The number of hydrogen-bond donors (Lipinski definition) is 2. The molecule has 0 saturated carbocycles. The van der Waals surface area contributed by atoms with E-state index in [1.165, 1.54) is 0 Å². The van der Waals surface area contributed by atoms with Crippen LogP contribution in [0.5, 0.6) is 5.75 Å². The summed E-state index contributed by atoms with van der Waals surface area (Å²) in [6.07, 6.45) is 0.639. The Morgan fingerprint density at radius 2 is 2.33 bits per heavy atom. The number of benzene rings is 1. The molecule has 0 bridgehead atoms. The van der Waals surface area contributed by atoms with E-state index in [1.807, 2.05) is 12.1 Å². The van der Waals surface area contributed by atoms with E-state index < -0.39 is 0 Å². The maximum absolute atomic E-state index is 9.55. The molecule has 1 aromatic rings. The minimum atomic E-state index is -0.203. The van der Waals surface area contributed by atoms with E-state index in [1.54, 1.807) is 0 Å². The number of fused-ring (bicyclic) bond motifs is 1. The largest absolute Gasteiger partial charge is 0.467 e. The van der Waals surface area contributed by atoms with Gasteiger partial charge in [-0.2, -0.15) is 0 Å². The van der Waals surface area contributed by atoms with Crippen LogP contribution in [-0.4, -0.2) is 36.0 Å². The van der Waals surface area contributed by atoms with Crippen LogP contribution in [0.25, 0.3) is 0 Å². The van der Waals surface area contributed by atoms with Gasteiger partial charge in [-0.05, 0) is 18.6 Å². The first kappa shape index (κ1) is 11.8. The standard InChI is InChI=1S/C13H18N2O3/c14-11-3-9(5-15-2-1-12(16)6-15)13-10(4-11)7-17-8-18-13/h3-4,12,16H,1-2,5-8,14H2. The number of aliphatic hydroxyl groups excluding tert-OH is 1. The van der Waals surface area contributed by atoms with Gasteiger partial charge in [0.2, 0.25) is 0 Å². The van der Waals surface area contributed by atoms with Gasteiger partial charge < -0.3 is 20.3 Å². The van der Waals surface area contributed by atoms with Gasteiger partial charge in [0, 0.05) is 36.4 Å². The molecule has 1 saturated heterocycles. The van der Waals surface area contributed by atoms with Crippen molar-refractivity contribution in [3.05, 3.63) is 23.3 Å². The van der Waals surface area contributed by atoms with Crippen LogP contribution in [0.4, 0.5) is 5.69 Å². The van der Waals surface area contributed by atoms with Crippen LogP contribution in [0, 0.1) is 0 Å². The number of hydrogen-bond acceptors (Lipinski definition) is 5. The van der Waals surface area contributed by atoms with Crippen LogP contribution >= 0.6 is 0 Å². The topological polar surface area (TPSA) is 68.0 Å². The van der Waals surface area contributed by atoms with E-state index >= 15 is 0 Å². The maximum atomic E-state index is 9.55. The molecule has 98 valence electrons. The van der Waals surface area contributed by atoms with Crippen molar-refractivity contribution in [3.63, 3.8) is 0 Å². The van der Waals surface area contributed by atoms with Gasteiger partial charge >= 0.3 is 0 Å². The molecule has 2 aliphatic heterocycles. The molecule has 2 aliphatic rings. The van der Waals surface area contributed by atoms with Crippen LogP contribution in [-0.2, 0) is 17.9 Å². The molecule has 0 spiro atoms. The summed E-state index contributed by atoms with van der Waals surface area (Å²) < 4.78 is 10.8.